The van der Waals surface area contributed by atoms with E-state index in [4.69, 9.17) is 0 Å². The van der Waals surface area contributed by atoms with Gasteiger partial charge in [-0.05, 0) is 11.6 Å². The zero-order valence-corrected chi connectivity index (χ0v) is 6.95. The van der Waals surface area contributed by atoms with Crippen molar-refractivity contribution in [2.45, 2.75) is 6.42 Å². The summed E-state index contributed by atoms with van der Waals surface area (Å²) < 4.78 is 0. The van der Waals surface area contributed by atoms with Gasteiger partial charge in [0.15, 0.2) is 0 Å². The van der Waals surface area contributed by atoms with E-state index in [-0.39, 0.29) is 5.91 Å². The zero-order chi connectivity index (χ0) is 8.84. The molecule has 1 aromatic carbocycles. The van der Waals surface area contributed by atoms with Crippen molar-refractivity contribution in [3.8, 4) is 0 Å². The molecule has 1 aromatic rings. The van der Waals surface area contributed by atoms with E-state index in [1.165, 1.54) is 0 Å². The molecule has 0 saturated heterocycles. The lowest BCUT2D eigenvalue weighted by atomic mass is 9.93. The molecule has 0 radical (unpaired) electrons. The van der Waals surface area contributed by atoms with Gasteiger partial charge < -0.3 is 0 Å². The van der Waals surface area contributed by atoms with Crippen LogP contribution in [0.15, 0.2) is 29.3 Å². The van der Waals surface area contributed by atoms with Crippen molar-refractivity contribution in [2.75, 3.05) is 0 Å². The molecule has 2 aliphatic rings. The third kappa shape index (κ3) is 0.773. The average molecular weight is 169 g/mol. The third-order valence-corrected chi connectivity index (χ3v) is 2.46. The van der Waals surface area contributed by atoms with Gasteiger partial charge in [0.25, 0.3) is 5.91 Å². The first-order valence-corrected chi connectivity index (χ1v) is 4.28. The number of rotatable bonds is 0. The molecule has 3 rings (SSSR count). The Kier molecular flexibility index (Phi) is 1.13. The Bertz CT molecular complexity index is 469. The minimum Gasteiger partial charge on any atom is -0.267 e. The van der Waals surface area contributed by atoms with Gasteiger partial charge in [-0.1, -0.05) is 24.3 Å². The standard InChI is InChI=1S/C11H7NO/c13-11-8-5-1-3-7-4-2-6-9(12-11)10(7)8/h1-5H,6H2. The number of aliphatic imine (C=N–C) groups is 1. The average Bonchev–Trinajstić information content (AvgIpc) is 2.47. The van der Waals surface area contributed by atoms with Crippen LogP contribution >= 0.6 is 0 Å². The van der Waals surface area contributed by atoms with Crippen LogP contribution < -0.4 is 0 Å². The first-order valence-electron chi connectivity index (χ1n) is 4.28. The summed E-state index contributed by atoms with van der Waals surface area (Å²) in [7, 11) is 0. The second kappa shape index (κ2) is 2.16. The van der Waals surface area contributed by atoms with Gasteiger partial charge in [0.2, 0.25) is 0 Å². The van der Waals surface area contributed by atoms with E-state index in [0.29, 0.717) is 0 Å². The summed E-state index contributed by atoms with van der Waals surface area (Å²) >= 11 is 0. The van der Waals surface area contributed by atoms with Gasteiger partial charge in [0, 0.05) is 12.0 Å². The Morgan fingerprint density at radius 2 is 2.23 bits per heavy atom. The van der Waals surface area contributed by atoms with Crippen LogP contribution in [-0.4, -0.2) is 11.6 Å². The normalized spacial score (nSPS) is 17.2. The van der Waals surface area contributed by atoms with Gasteiger partial charge in [-0.25, -0.2) is 4.99 Å². The van der Waals surface area contributed by atoms with Crippen LogP contribution in [0.1, 0.15) is 27.9 Å². The van der Waals surface area contributed by atoms with Crippen LogP contribution in [-0.2, 0) is 0 Å². The van der Waals surface area contributed by atoms with Crippen LogP contribution in [0.3, 0.4) is 0 Å². The number of carbonyl (C=O) groups excluding carboxylic acids is 1. The number of hydrogen-bond donors (Lipinski definition) is 0. The van der Waals surface area contributed by atoms with Gasteiger partial charge >= 0.3 is 0 Å². The maximum absolute atomic E-state index is 11.4. The van der Waals surface area contributed by atoms with E-state index in [1.807, 2.05) is 24.3 Å². The highest BCUT2D eigenvalue weighted by atomic mass is 16.1. The molecule has 0 bridgehead atoms. The summed E-state index contributed by atoms with van der Waals surface area (Å²) in [4.78, 5) is 15.4. The quantitative estimate of drug-likeness (QED) is 0.584. The molecule has 0 aromatic heterocycles. The first-order chi connectivity index (χ1) is 6.36. The van der Waals surface area contributed by atoms with Crippen LogP contribution in [0.4, 0.5) is 0 Å². The van der Waals surface area contributed by atoms with E-state index in [0.717, 1.165) is 28.8 Å². The van der Waals surface area contributed by atoms with E-state index >= 15 is 0 Å². The molecule has 1 heterocycles. The fourth-order valence-electron chi connectivity index (χ4n) is 1.89. The molecule has 13 heavy (non-hydrogen) atoms. The van der Waals surface area contributed by atoms with E-state index < -0.39 is 0 Å². The minimum atomic E-state index is -0.0875. The maximum Gasteiger partial charge on any atom is 0.277 e. The molecular formula is C11H7NO. The van der Waals surface area contributed by atoms with Crippen molar-refractivity contribution in [3.05, 3.63) is 41.0 Å². The summed E-state index contributed by atoms with van der Waals surface area (Å²) in [6.45, 7) is 0. The van der Waals surface area contributed by atoms with E-state index in [1.54, 1.807) is 0 Å². The van der Waals surface area contributed by atoms with Gasteiger partial charge in [-0.3, -0.25) is 4.79 Å². The van der Waals surface area contributed by atoms with Gasteiger partial charge in [-0.2, -0.15) is 0 Å². The maximum atomic E-state index is 11.4. The SMILES string of the molecule is O=C1N=C2CC=Cc3cccc1c32. The Hall–Kier alpha value is -1.70. The van der Waals surface area contributed by atoms with E-state index in [2.05, 4.69) is 11.1 Å². The molecule has 0 saturated carbocycles. The second-order valence-corrected chi connectivity index (χ2v) is 3.24. The van der Waals surface area contributed by atoms with Gasteiger partial charge in [0.1, 0.15) is 0 Å². The third-order valence-electron chi connectivity index (χ3n) is 2.46. The lowest BCUT2D eigenvalue weighted by Crippen LogP contribution is -2.03. The molecule has 0 fully saturated rings. The van der Waals surface area contributed by atoms with Crippen molar-refractivity contribution in [1.29, 1.82) is 0 Å². The van der Waals surface area contributed by atoms with Crippen LogP contribution in [0.2, 0.25) is 0 Å². The Morgan fingerprint density at radius 3 is 3.15 bits per heavy atom. The van der Waals surface area contributed by atoms with Crippen LogP contribution in [0, 0.1) is 0 Å². The second-order valence-electron chi connectivity index (χ2n) is 3.24. The molecule has 2 heteroatoms. The summed E-state index contributed by atoms with van der Waals surface area (Å²) in [5.41, 5.74) is 3.86. The fraction of sp³-hybridized carbons (Fsp3) is 0.0909. The highest BCUT2D eigenvalue weighted by Gasteiger charge is 2.25. The molecule has 1 aliphatic carbocycles. The molecule has 1 amide bonds. The number of hydrogen-bond acceptors (Lipinski definition) is 1. The minimum absolute atomic E-state index is 0.0875. The predicted octanol–water partition coefficient (Wildman–Crippen LogP) is 2.05. The molecule has 2 nitrogen and oxygen atoms in total. The Balaban J connectivity index is 2.42. The Labute approximate surface area is 75.6 Å². The molecule has 62 valence electrons. The number of carbonyl (C=O) groups is 1. The molecule has 0 N–H and O–H groups in total. The van der Waals surface area contributed by atoms with Crippen molar-refractivity contribution in [3.63, 3.8) is 0 Å². The number of amides is 1. The molecule has 0 atom stereocenters. The van der Waals surface area contributed by atoms with Crippen molar-refractivity contribution >= 4 is 17.7 Å². The number of allylic oxidation sites excluding steroid dienone is 1. The van der Waals surface area contributed by atoms with Crippen LogP contribution in [0.25, 0.3) is 6.08 Å². The topological polar surface area (TPSA) is 29.4 Å². The first kappa shape index (κ1) is 6.78. The fourth-order valence-corrected chi connectivity index (χ4v) is 1.89. The van der Waals surface area contributed by atoms with Gasteiger partial charge in [0.05, 0.1) is 11.3 Å². The number of benzene rings is 1. The monoisotopic (exact) mass is 169 g/mol. The molecule has 0 spiro atoms. The Morgan fingerprint density at radius 1 is 1.31 bits per heavy atom. The van der Waals surface area contributed by atoms with Gasteiger partial charge in [-0.15, -0.1) is 0 Å². The summed E-state index contributed by atoms with van der Waals surface area (Å²) in [5.74, 6) is -0.0875. The highest BCUT2D eigenvalue weighted by molar-refractivity contribution is 6.24. The van der Waals surface area contributed by atoms with Crippen molar-refractivity contribution in [2.24, 2.45) is 4.99 Å². The van der Waals surface area contributed by atoms with E-state index in [9.17, 15) is 4.79 Å². The summed E-state index contributed by atoms with van der Waals surface area (Å²) in [6.07, 6.45) is 4.88. The smallest absolute Gasteiger partial charge is 0.267 e. The zero-order valence-electron chi connectivity index (χ0n) is 6.95. The van der Waals surface area contributed by atoms with Crippen molar-refractivity contribution in [1.82, 2.24) is 0 Å². The lowest BCUT2D eigenvalue weighted by Gasteiger charge is -2.09. The molecule has 1 aliphatic heterocycles. The summed E-state index contributed by atoms with van der Waals surface area (Å²) in [5, 5.41) is 0. The van der Waals surface area contributed by atoms with Crippen LogP contribution in [0.5, 0.6) is 0 Å². The highest BCUT2D eigenvalue weighted by Crippen LogP contribution is 2.28. The number of nitrogens with zero attached hydrogens (tertiary/aromatic N) is 1. The largest absolute Gasteiger partial charge is 0.277 e. The summed E-state index contributed by atoms with van der Waals surface area (Å²) in [6, 6.07) is 5.76. The van der Waals surface area contributed by atoms with Crippen molar-refractivity contribution < 1.29 is 4.79 Å². The molecule has 0 unspecified atom stereocenters. The lowest BCUT2D eigenvalue weighted by molar-refractivity contribution is 0.101. The molecular weight excluding hydrogens is 162 g/mol. The predicted molar refractivity (Wildman–Crippen MR) is 51.0 cm³/mol.